The van der Waals surface area contributed by atoms with Crippen molar-refractivity contribution in [2.45, 2.75) is 26.3 Å². The van der Waals surface area contributed by atoms with Crippen molar-refractivity contribution in [3.05, 3.63) is 47.2 Å². The highest BCUT2D eigenvalue weighted by molar-refractivity contribution is 5.95. The number of aryl methyl sites for hydroxylation is 2. The van der Waals surface area contributed by atoms with Gasteiger partial charge in [-0.3, -0.25) is 4.79 Å². The molecule has 0 aliphatic carbocycles. The van der Waals surface area contributed by atoms with Gasteiger partial charge >= 0.3 is 5.97 Å². The summed E-state index contributed by atoms with van der Waals surface area (Å²) < 4.78 is 5.30. The first-order valence-corrected chi connectivity index (χ1v) is 6.71. The lowest BCUT2D eigenvalue weighted by Gasteiger charge is -2.14. The van der Waals surface area contributed by atoms with Gasteiger partial charge in [-0.15, -0.1) is 0 Å². The van der Waals surface area contributed by atoms with Gasteiger partial charge in [0.05, 0.1) is 5.69 Å². The zero-order valence-electron chi connectivity index (χ0n) is 12.2. The van der Waals surface area contributed by atoms with Crippen LogP contribution in [0.5, 0.6) is 5.75 Å². The standard InChI is InChI=1S/C15H16N2O5/c1-3-11-16-8(2)13(22-11)14(19)17-12(15(20)21)9-4-6-10(18)7-5-9/h4-7,12,18H,3H2,1-2H3,(H,17,19)(H,20,21)/t12-/m1/s1. The number of benzene rings is 1. The Morgan fingerprint density at radius 1 is 1.32 bits per heavy atom. The fourth-order valence-corrected chi connectivity index (χ4v) is 1.97. The molecule has 7 nitrogen and oxygen atoms in total. The average Bonchev–Trinajstić information content (AvgIpc) is 2.86. The van der Waals surface area contributed by atoms with E-state index in [1.165, 1.54) is 24.3 Å². The van der Waals surface area contributed by atoms with Crippen LogP contribution in [0.3, 0.4) is 0 Å². The van der Waals surface area contributed by atoms with Crippen LogP contribution in [0.4, 0.5) is 0 Å². The Morgan fingerprint density at radius 3 is 2.45 bits per heavy atom. The number of carbonyl (C=O) groups excluding carboxylic acids is 1. The van der Waals surface area contributed by atoms with E-state index in [4.69, 9.17) is 4.42 Å². The normalized spacial score (nSPS) is 11.9. The van der Waals surface area contributed by atoms with Crippen molar-refractivity contribution >= 4 is 11.9 Å². The van der Waals surface area contributed by atoms with Crippen LogP contribution in [0, 0.1) is 6.92 Å². The molecule has 0 spiro atoms. The number of hydrogen-bond donors (Lipinski definition) is 3. The number of aromatic hydroxyl groups is 1. The molecule has 7 heteroatoms. The third kappa shape index (κ3) is 3.25. The number of carboxylic acids is 1. The summed E-state index contributed by atoms with van der Waals surface area (Å²) in [5, 5.41) is 20.9. The maximum absolute atomic E-state index is 12.2. The van der Waals surface area contributed by atoms with Crippen LogP contribution in [0.15, 0.2) is 28.7 Å². The summed E-state index contributed by atoms with van der Waals surface area (Å²) in [5.41, 5.74) is 0.746. The number of nitrogens with zero attached hydrogens (tertiary/aromatic N) is 1. The van der Waals surface area contributed by atoms with Gasteiger partial charge in [0.1, 0.15) is 5.75 Å². The molecule has 2 rings (SSSR count). The number of aliphatic carboxylic acids is 1. The van der Waals surface area contributed by atoms with Gasteiger partial charge in [-0.05, 0) is 24.6 Å². The summed E-state index contributed by atoms with van der Waals surface area (Å²) in [4.78, 5) is 27.6. The van der Waals surface area contributed by atoms with Crippen molar-refractivity contribution < 1.29 is 24.2 Å². The fraction of sp³-hybridized carbons (Fsp3) is 0.267. The molecule has 116 valence electrons. The third-order valence-corrected chi connectivity index (χ3v) is 3.10. The molecule has 1 atom stereocenters. The molecule has 2 aromatic rings. The summed E-state index contributed by atoms with van der Waals surface area (Å²) in [5.74, 6) is -1.43. The Hall–Kier alpha value is -2.83. The van der Waals surface area contributed by atoms with Gasteiger partial charge in [0.25, 0.3) is 5.91 Å². The van der Waals surface area contributed by atoms with Gasteiger partial charge in [-0.25, -0.2) is 9.78 Å². The molecule has 0 fully saturated rings. The van der Waals surface area contributed by atoms with Gasteiger partial charge in [0.2, 0.25) is 5.76 Å². The fourth-order valence-electron chi connectivity index (χ4n) is 1.97. The monoisotopic (exact) mass is 304 g/mol. The molecule has 0 unspecified atom stereocenters. The van der Waals surface area contributed by atoms with Crippen LogP contribution in [0.1, 0.15) is 40.7 Å². The number of carboxylic acid groups (broad SMARTS) is 1. The van der Waals surface area contributed by atoms with Gasteiger partial charge in [0, 0.05) is 6.42 Å². The summed E-state index contributed by atoms with van der Waals surface area (Å²) in [6.45, 7) is 3.46. The van der Waals surface area contributed by atoms with Crippen molar-refractivity contribution in [2.75, 3.05) is 0 Å². The first-order chi connectivity index (χ1) is 10.4. The van der Waals surface area contributed by atoms with E-state index in [0.29, 0.717) is 23.6 Å². The number of hydrogen-bond acceptors (Lipinski definition) is 5. The molecule has 1 amide bonds. The molecular weight excluding hydrogens is 288 g/mol. The van der Waals surface area contributed by atoms with Crippen LogP contribution in [0.25, 0.3) is 0 Å². The Balaban J connectivity index is 2.24. The van der Waals surface area contributed by atoms with E-state index in [1.807, 2.05) is 6.92 Å². The minimum absolute atomic E-state index is 0.00174. The lowest BCUT2D eigenvalue weighted by atomic mass is 10.1. The van der Waals surface area contributed by atoms with Crippen molar-refractivity contribution in [1.82, 2.24) is 10.3 Å². The van der Waals surface area contributed by atoms with Crippen molar-refractivity contribution in [1.29, 1.82) is 0 Å². The van der Waals surface area contributed by atoms with E-state index < -0.39 is 17.9 Å². The summed E-state index contributed by atoms with van der Waals surface area (Å²) in [6.07, 6.45) is 0.536. The Kier molecular flexibility index (Phi) is 4.45. The van der Waals surface area contributed by atoms with Crippen molar-refractivity contribution in [3.8, 4) is 5.75 Å². The summed E-state index contributed by atoms with van der Waals surface area (Å²) >= 11 is 0. The Morgan fingerprint density at radius 2 is 1.95 bits per heavy atom. The second-order valence-electron chi connectivity index (χ2n) is 4.71. The average molecular weight is 304 g/mol. The number of carbonyl (C=O) groups is 2. The topological polar surface area (TPSA) is 113 Å². The third-order valence-electron chi connectivity index (χ3n) is 3.10. The van der Waals surface area contributed by atoms with E-state index >= 15 is 0 Å². The lowest BCUT2D eigenvalue weighted by Crippen LogP contribution is -2.33. The molecule has 1 aromatic carbocycles. The number of phenols is 1. The van der Waals surface area contributed by atoms with Crippen molar-refractivity contribution in [2.24, 2.45) is 0 Å². The number of rotatable bonds is 5. The largest absolute Gasteiger partial charge is 0.508 e. The molecule has 0 bridgehead atoms. The molecule has 3 N–H and O–H groups in total. The molecular formula is C15H16N2O5. The first-order valence-electron chi connectivity index (χ1n) is 6.71. The maximum atomic E-state index is 12.2. The minimum atomic E-state index is -1.25. The number of nitrogens with one attached hydrogen (secondary N) is 1. The lowest BCUT2D eigenvalue weighted by molar-refractivity contribution is -0.139. The SMILES string of the molecule is CCc1nc(C)c(C(=O)N[C@@H](C(=O)O)c2ccc(O)cc2)o1. The molecule has 0 aliphatic heterocycles. The van der Waals surface area contributed by atoms with Gasteiger partial charge in [-0.1, -0.05) is 19.1 Å². The van der Waals surface area contributed by atoms with Crippen LogP contribution in [0.2, 0.25) is 0 Å². The maximum Gasteiger partial charge on any atom is 0.330 e. The molecule has 1 aromatic heterocycles. The molecule has 22 heavy (non-hydrogen) atoms. The predicted molar refractivity (Wildman–Crippen MR) is 76.6 cm³/mol. The van der Waals surface area contributed by atoms with Gasteiger partial charge in [-0.2, -0.15) is 0 Å². The quantitative estimate of drug-likeness (QED) is 0.776. The van der Waals surface area contributed by atoms with Crippen molar-refractivity contribution in [3.63, 3.8) is 0 Å². The van der Waals surface area contributed by atoms with E-state index in [-0.39, 0.29) is 11.5 Å². The van der Waals surface area contributed by atoms with E-state index in [9.17, 15) is 19.8 Å². The van der Waals surface area contributed by atoms with Gasteiger partial charge < -0.3 is 19.9 Å². The number of oxazole rings is 1. The molecule has 1 heterocycles. The second kappa shape index (κ2) is 6.30. The van der Waals surface area contributed by atoms with Crippen LogP contribution < -0.4 is 5.32 Å². The number of amides is 1. The highest BCUT2D eigenvalue weighted by Crippen LogP contribution is 2.19. The highest BCUT2D eigenvalue weighted by atomic mass is 16.4. The summed E-state index contributed by atoms with van der Waals surface area (Å²) in [7, 11) is 0. The van der Waals surface area contributed by atoms with E-state index in [0.717, 1.165) is 0 Å². The van der Waals surface area contributed by atoms with Crippen LogP contribution in [-0.2, 0) is 11.2 Å². The van der Waals surface area contributed by atoms with E-state index in [2.05, 4.69) is 10.3 Å². The molecule has 0 aliphatic rings. The first kappa shape index (κ1) is 15.6. The van der Waals surface area contributed by atoms with Crippen LogP contribution >= 0.6 is 0 Å². The Labute approximate surface area is 126 Å². The number of aromatic nitrogens is 1. The number of phenolic OH excluding ortho intramolecular Hbond substituents is 1. The highest BCUT2D eigenvalue weighted by Gasteiger charge is 2.25. The molecule has 0 radical (unpaired) electrons. The summed E-state index contributed by atoms with van der Waals surface area (Å²) in [6, 6.07) is 4.32. The smallest absolute Gasteiger partial charge is 0.330 e. The van der Waals surface area contributed by atoms with E-state index in [1.54, 1.807) is 6.92 Å². The second-order valence-corrected chi connectivity index (χ2v) is 4.71. The molecule has 0 saturated carbocycles. The Bertz CT molecular complexity index is 690. The minimum Gasteiger partial charge on any atom is -0.508 e. The zero-order chi connectivity index (χ0) is 16.3. The van der Waals surface area contributed by atoms with Crippen LogP contribution in [-0.4, -0.2) is 27.1 Å². The van der Waals surface area contributed by atoms with Gasteiger partial charge in [0.15, 0.2) is 11.9 Å². The molecule has 0 saturated heterocycles. The zero-order valence-corrected chi connectivity index (χ0v) is 12.2. The predicted octanol–water partition coefficient (Wildman–Crippen LogP) is 1.81.